The largest absolute Gasteiger partial charge is 0.468 e. The third-order valence-corrected chi connectivity index (χ3v) is 3.01. The minimum absolute atomic E-state index is 0.265. The lowest BCUT2D eigenvalue weighted by molar-refractivity contribution is -0.143. The minimum atomic E-state index is -0.383. The zero-order chi connectivity index (χ0) is 11.3. The zero-order valence-electron chi connectivity index (χ0n) is 8.95. The number of hydrogen-bond donors (Lipinski definition) is 1. The number of nitrogens with one attached hydrogen (secondary N) is 1. The molecule has 1 N–H and O–H groups in total. The summed E-state index contributed by atoms with van der Waals surface area (Å²) in [6.07, 6.45) is 1.72. The highest BCUT2D eigenvalue weighted by atomic mass is 32.1. The molecule has 82 valence electrons. The summed E-state index contributed by atoms with van der Waals surface area (Å²) in [7, 11) is 1.39. The molecule has 1 atom stereocenters. The second-order valence-corrected chi connectivity index (χ2v) is 4.42. The van der Waals surface area contributed by atoms with Crippen molar-refractivity contribution in [3.05, 3.63) is 34.5 Å². The lowest BCUT2D eigenvalue weighted by atomic mass is 10.2. The van der Waals surface area contributed by atoms with Crippen molar-refractivity contribution >= 4 is 17.3 Å². The van der Waals surface area contributed by atoms with E-state index in [0.717, 1.165) is 4.88 Å². The summed E-state index contributed by atoms with van der Waals surface area (Å²) >= 11 is 1.59. The maximum absolute atomic E-state index is 11.5. The molecule has 0 aliphatic rings. The number of carbonyl (C=O) groups excluding carboxylic acids is 1. The first-order valence-corrected chi connectivity index (χ1v) is 5.49. The molecule has 3 nitrogen and oxygen atoms in total. The number of carbonyl (C=O) groups is 1. The van der Waals surface area contributed by atoms with Crippen LogP contribution in [-0.4, -0.2) is 19.6 Å². The summed E-state index contributed by atoms with van der Waals surface area (Å²) in [5.74, 6) is -0.265. The number of hydrogen-bond acceptors (Lipinski definition) is 4. The minimum Gasteiger partial charge on any atom is -0.468 e. The summed E-state index contributed by atoms with van der Waals surface area (Å²) in [5.41, 5.74) is 0. The van der Waals surface area contributed by atoms with Gasteiger partial charge in [-0.05, 0) is 19.1 Å². The average Bonchev–Trinajstić information content (AvgIpc) is 2.65. The van der Waals surface area contributed by atoms with E-state index in [-0.39, 0.29) is 12.0 Å². The molecule has 0 fully saturated rings. The van der Waals surface area contributed by atoms with E-state index in [1.165, 1.54) is 12.0 Å². The summed E-state index contributed by atoms with van der Waals surface area (Å²) in [5, 5.41) is 3.07. The molecule has 0 saturated heterocycles. The van der Waals surface area contributed by atoms with Crippen molar-refractivity contribution in [2.75, 3.05) is 13.7 Å². The molecule has 0 aliphatic carbocycles. The van der Waals surface area contributed by atoms with Crippen LogP contribution in [0, 0.1) is 6.92 Å². The van der Waals surface area contributed by atoms with Crippen LogP contribution in [0.15, 0.2) is 24.8 Å². The molecule has 0 bridgehead atoms. The normalized spacial score (nSPS) is 12.1. The number of thiophene rings is 1. The van der Waals surface area contributed by atoms with E-state index < -0.39 is 0 Å². The first-order chi connectivity index (χ1) is 7.19. The van der Waals surface area contributed by atoms with Crippen molar-refractivity contribution < 1.29 is 9.53 Å². The Hall–Kier alpha value is -1.13. The molecule has 1 aromatic rings. The van der Waals surface area contributed by atoms with Gasteiger partial charge >= 0.3 is 5.97 Å². The van der Waals surface area contributed by atoms with Crippen LogP contribution < -0.4 is 5.32 Å². The molecule has 1 unspecified atom stereocenters. The summed E-state index contributed by atoms with van der Waals surface area (Å²) < 4.78 is 4.74. The molecule has 1 aromatic heterocycles. The fraction of sp³-hybridized carbons (Fsp3) is 0.364. The maximum atomic E-state index is 11.5. The Morgan fingerprint density at radius 3 is 2.93 bits per heavy atom. The Kier molecular flexibility index (Phi) is 4.52. The van der Waals surface area contributed by atoms with E-state index in [4.69, 9.17) is 4.74 Å². The number of ether oxygens (including phenoxy) is 1. The molecule has 0 saturated carbocycles. The zero-order valence-corrected chi connectivity index (χ0v) is 9.76. The second-order valence-electron chi connectivity index (χ2n) is 3.10. The predicted molar refractivity (Wildman–Crippen MR) is 62.0 cm³/mol. The van der Waals surface area contributed by atoms with Gasteiger partial charge in [-0.1, -0.05) is 6.08 Å². The van der Waals surface area contributed by atoms with E-state index in [9.17, 15) is 4.79 Å². The van der Waals surface area contributed by atoms with E-state index in [1.54, 1.807) is 17.4 Å². The fourth-order valence-corrected chi connectivity index (χ4v) is 2.17. The van der Waals surface area contributed by atoms with Crippen LogP contribution in [0.25, 0.3) is 0 Å². The maximum Gasteiger partial charge on any atom is 0.328 e. The van der Waals surface area contributed by atoms with Gasteiger partial charge in [-0.3, -0.25) is 5.32 Å². The molecule has 0 amide bonds. The number of esters is 1. The smallest absolute Gasteiger partial charge is 0.328 e. The summed E-state index contributed by atoms with van der Waals surface area (Å²) in [6, 6.07) is 3.55. The van der Waals surface area contributed by atoms with Gasteiger partial charge in [0.2, 0.25) is 0 Å². The van der Waals surface area contributed by atoms with E-state index in [0.29, 0.717) is 6.54 Å². The molecule has 0 aliphatic heterocycles. The van der Waals surface area contributed by atoms with Crippen molar-refractivity contribution in [2.24, 2.45) is 0 Å². The van der Waals surface area contributed by atoms with Gasteiger partial charge < -0.3 is 4.74 Å². The molecule has 4 heteroatoms. The highest BCUT2D eigenvalue weighted by molar-refractivity contribution is 7.12. The van der Waals surface area contributed by atoms with Crippen LogP contribution in [0.4, 0.5) is 0 Å². The van der Waals surface area contributed by atoms with Crippen molar-refractivity contribution in [3.63, 3.8) is 0 Å². The molecule has 0 aromatic carbocycles. The Labute approximate surface area is 93.8 Å². The van der Waals surface area contributed by atoms with Gasteiger partial charge in [0.15, 0.2) is 0 Å². The Balaban J connectivity index is 2.80. The second kappa shape index (κ2) is 5.68. The molecule has 1 rings (SSSR count). The molecular formula is C11H15NO2S. The quantitative estimate of drug-likeness (QED) is 0.615. The van der Waals surface area contributed by atoms with Gasteiger partial charge in [0.05, 0.1) is 7.11 Å². The Morgan fingerprint density at radius 1 is 1.73 bits per heavy atom. The van der Waals surface area contributed by atoms with Crippen molar-refractivity contribution in [1.82, 2.24) is 5.32 Å². The van der Waals surface area contributed by atoms with Crippen LogP contribution >= 0.6 is 11.3 Å². The SMILES string of the molecule is C=CCNC(C(=O)OC)c1ccc(C)s1. The van der Waals surface area contributed by atoms with Gasteiger partial charge in [-0.2, -0.15) is 0 Å². The fourth-order valence-electron chi connectivity index (χ4n) is 1.23. The topological polar surface area (TPSA) is 38.3 Å². The predicted octanol–water partition coefficient (Wildman–Crippen LogP) is 2.05. The van der Waals surface area contributed by atoms with E-state index >= 15 is 0 Å². The third kappa shape index (κ3) is 3.18. The van der Waals surface area contributed by atoms with Gasteiger partial charge in [0, 0.05) is 16.3 Å². The average molecular weight is 225 g/mol. The Bertz CT molecular complexity index is 346. The van der Waals surface area contributed by atoms with Crippen molar-refractivity contribution in [3.8, 4) is 0 Å². The monoisotopic (exact) mass is 225 g/mol. The van der Waals surface area contributed by atoms with Gasteiger partial charge in [0.25, 0.3) is 0 Å². The molecular weight excluding hydrogens is 210 g/mol. The number of rotatable bonds is 5. The molecule has 0 radical (unpaired) electrons. The van der Waals surface area contributed by atoms with Crippen LogP contribution in [-0.2, 0) is 9.53 Å². The highest BCUT2D eigenvalue weighted by Gasteiger charge is 2.21. The van der Waals surface area contributed by atoms with Crippen LogP contribution in [0.2, 0.25) is 0 Å². The van der Waals surface area contributed by atoms with Gasteiger partial charge in [-0.15, -0.1) is 17.9 Å². The molecule has 1 heterocycles. The van der Waals surface area contributed by atoms with Crippen LogP contribution in [0.3, 0.4) is 0 Å². The lowest BCUT2D eigenvalue weighted by Gasteiger charge is -2.13. The van der Waals surface area contributed by atoms with Crippen LogP contribution in [0.5, 0.6) is 0 Å². The first-order valence-electron chi connectivity index (χ1n) is 4.67. The molecule has 15 heavy (non-hydrogen) atoms. The lowest BCUT2D eigenvalue weighted by Crippen LogP contribution is -2.28. The summed E-state index contributed by atoms with van der Waals surface area (Å²) in [6.45, 7) is 6.20. The van der Waals surface area contributed by atoms with Gasteiger partial charge in [0.1, 0.15) is 6.04 Å². The van der Waals surface area contributed by atoms with Crippen molar-refractivity contribution in [2.45, 2.75) is 13.0 Å². The number of methoxy groups -OCH3 is 1. The van der Waals surface area contributed by atoms with E-state index in [1.807, 2.05) is 19.1 Å². The summed E-state index contributed by atoms with van der Waals surface area (Å²) in [4.78, 5) is 13.7. The van der Waals surface area contributed by atoms with Crippen molar-refractivity contribution in [1.29, 1.82) is 0 Å². The third-order valence-electron chi connectivity index (χ3n) is 1.95. The van der Waals surface area contributed by atoms with Gasteiger partial charge in [-0.25, -0.2) is 4.79 Å². The Morgan fingerprint density at radius 2 is 2.47 bits per heavy atom. The standard InChI is InChI=1S/C11H15NO2S/c1-4-7-12-10(11(13)14-3)9-6-5-8(2)15-9/h4-6,10,12H,1,7H2,2-3H3. The molecule has 0 spiro atoms. The van der Waals surface area contributed by atoms with E-state index in [2.05, 4.69) is 11.9 Å². The number of aryl methyl sites for hydroxylation is 1. The highest BCUT2D eigenvalue weighted by Crippen LogP contribution is 2.23. The first kappa shape index (κ1) is 11.9. The van der Waals surface area contributed by atoms with Crippen LogP contribution in [0.1, 0.15) is 15.8 Å².